The number of ether oxygens (including phenoxy) is 1. The third kappa shape index (κ3) is 6.38. The zero-order chi connectivity index (χ0) is 14.8. The number of oxime groups is 1. The number of halogens is 1. The van der Waals surface area contributed by atoms with Crippen LogP contribution in [-0.2, 0) is 9.63 Å². The van der Waals surface area contributed by atoms with Gasteiger partial charge in [0.1, 0.15) is 5.75 Å². The monoisotopic (exact) mass is 295 g/mol. The van der Waals surface area contributed by atoms with E-state index in [1.165, 1.54) is 0 Å². The van der Waals surface area contributed by atoms with Crippen LogP contribution >= 0.6 is 11.6 Å². The Bertz CT molecular complexity index is 480. The van der Waals surface area contributed by atoms with Gasteiger partial charge in [0.25, 0.3) is 0 Å². The fourth-order valence-corrected chi connectivity index (χ4v) is 1.48. The maximum absolute atomic E-state index is 11.2. The molecular formula is C15H18ClNO3. The third-order valence-corrected chi connectivity index (χ3v) is 2.71. The number of alkyl halides is 1. The van der Waals surface area contributed by atoms with Crippen molar-refractivity contribution in [1.82, 2.24) is 0 Å². The van der Waals surface area contributed by atoms with E-state index in [1.54, 1.807) is 20.1 Å². The first-order valence-corrected chi connectivity index (χ1v) is 6.81. The first-order valence-electron chi connectivity index (χ1n) is 6.28. The van der Waals surface area contributed by atoms with Crippen molar-refractivity contribution in [1.29, 1.82) is 0 Å². The lowest BCUT2D eigenvalue weighted by atomic mass is 10.2. The Morgan fingerprint density at radius 3 is 2.65 bits per heavy atom. The molecule has 0 saturated heterocycles. The molecule has 0 fully saturated rings. The molecule has 0 unspecified atom stereocenters. The van der Waals surface area contributed by atoms with Gasteiger partial charge in [-0.25, -0.2) is 4.79 Å². The molecule has 1 rings (SSSR count). The topological polar surface area (TPSA) is 47.9 Å². The average molecular weight is 296 g/mol. The fourth-order valence-electron chi connectivity index (χ4n) is 1.34. The molecule has 0 atom stereocenters. The van der Waals surface area contributed by atoms with Crippen molar-refractivity contribution >= 4 is 29.4 Å². The van der Waals surface area contributed by atoms with Crippen molar-refractivity contribution in [2.24, 2.45) is 5.16 Å². The molecule has 0 aliphatic heterocycles. The van der Waals surface area contributed by atoms with Gasteiger partial charge < -0.3 is 9.57 Å². The molecule has 108 valence electrons. The van der Waals surface area contributed by atoms with Gasteiger partial charge in [0.15, 0.2) is 0 Å². The van der Waals surface area contributed by atoms with Crippen LogP contribution in [0.25, 0.3) is 6.08 Å². The quantitative estimate of drug-likeness (QED) is 0.334. The molecule has 0 bridgehead atoms. The summed E-state index contributed by atoms with van der Waals surface area (Å²) in [5.41, 5.74) is 1.62. The molecule has 1 aromatic rings. The van der Waals surface area contributed by atoms with Gasteiger partial charge in [-0.1, -0.05) is 23.4 Å². The summed E-state index contributed by atoms with van der Waals surface area (Å²) >= 11 is 5.48. The Hall–Kier alpha value is -1.81. The van der Waals surface area contributed by atoms with E-state index in [9.17, 15) is 4.79 Å². The molecule has 5 heteroatoms. The highest BCUT2D eigenvalue weighted by Gasteiger charge is 2.01. The molecule has 0 heterocycles. The van der Waals surface area contributed by atoms with Crippen LogP contribution in [0, 0.1) is 0 Å². The number of rotatable bonds is 7. The molecule has 0 aliphatic carbocycles. The van der Waals surface area contributed by atoms with Gasteiger partial charge in [0, 0.05) is 12.3 Å². The Morgan fingerprint density at radius 1 is 1.35 bits per heavy atom. The first kappa shape index (κ1) is 16.2. The molecule has 1 aromatic carbocycles. The highest BCUT2D eigenvalue weighted by Crippen LogP contribution is 2.12. The van der Waals surface area contributed by atoms with Crippen LogP contribution in [0.4, 0.5) is 0 Å². The van der Waals surface area contributed by atoms with Gasteiger partial charge in [-0.15, -0.1) is 11.6 Å². The number of benzene rings is 1. The molecule has 0 amide bonds. The Morgan fingerprint density at radius 2 is 2.05 bits per heavy atom. The van der Waals surface area contributed by atoms with Crippen molar-refractivity contribution < 1.29 is 14.4 Å². The Balaban J connectivity index is 2.49. The SMILES string of the molecule is COc1ccc(C=CC(C)=NOC(=O)CCCCl)cc1. The van der Waals surface area contributed by atoms with Gasteiger partial charge >= 0.3 is 5.97 Å². The zero-order valence-corrected chi connectivity index (χ0v) is 12.4. The number of hydrogen-bond acceptors (Lipinski definition) is 4. The van der Waals surface area contributed by atoms with Crippen molar-refractivity contribution in [2.75, 3.05) is 13.0 Å². The minimum absolute atomic E-state index is 0.280. The van der Waals surface area contributed by atoms with Gasteiger partial charge in [0.05, 0.1) is 12.8 Å². The van der Waals surface area contributed by atoms with Gasteiger partial charge in [-0.3, -0.25) is 0 Å². The average Bonchev–Trinajstić information content (AvgIpc) is 2.49. The first-order chi connectivity index (χ1) is 9.65. The maximum atomic E-state index is 11.2. The highest BCUT2D eigenvalue weighted by molar-refractivity contribution is 6.17. The summed E-state index contributed by atoms with van der Waals surface area (Å²) in [4.78, 5) is 16.0. The molecule has 0 spiro atoms. The van der Waals surface area contributed by atoms with Gasteiger partial charge in [-0.2, -0.15) is 0 Å². The van der Waals surface area contributed by atoms with Crippen molar-refractivity contribution in [2.45, 2.75) is 19.8 Å². The van der Waals surface area contributed by atoms with E-state index in [1.807, 2.05) is 30.3 Å². The number of carbonyl (C=O) groups is 1. The summed E-state index contributed by atoms with van der Waals surface area (Å²) in [7, 11) is 1.63. The second-order valence-electron chi connectivity index (χ2n) is 4.09. The second-order valence-corrected chi connectivity index (χ2v) is 4.47. The molecular weight excluding hydrogens is 278 g/mol. The lowest BCUT2D eigenvalue weighted by Gasteiger charge is -1.99. The van der Waals surface area contributed by atoms with Crippen LogP contribution in [0.3, 0.4) is 0 Å². The summed E-state index contributed by atoms with van der Waals surface area (Å²) < 4.78 is 5.08. The van der Waals surface area contributed by atoms with Crippen LogP contribution < -0.4 is 4.74 Å². The zero-order valence-electron chi connectivity index (χ0n) is 11.6. The van der Waals surface area contributed by atoms with Gasteiger partial charge in [-0.05, 0) is 37.1 Å². The summed E-state index contributed by atoms with van der Waals surface area (Å²) in [6, 6.07) is 7.60. The molecule has 0 saturated carbocycles. The molecule has 4 nitrogen and oxygen atoms in total. The Labute approximate surface area is 124 Å². The second kappa shape index (κ2) is 9.15. The van der Waals surface area contributed by atoms with Crippen molar-refractivity contribution in [3.63, 3.8) is 0 Å². The normalized spacial score (nSPS) is 11.7. The van der Waals surface area contributed by atoms with Crippen LogP contribution in [0.1, 0.15) is 25.3 Å². The number of nitrogens with zero attached hydrogens (tertiary/aromatic N) is 1. The van der Waals surface area contributed by atoms with E-state index in [-0.39, 0.29) is 12.4 Å². The molecule has 20 heavy (non-hydrogen) atoms. The summed E-state index contributed by atoms with van der Waals surface area (Å²) in [6.07, 6.45) is 4.53. The number of allylic oxidation sites excluding steroid dienone is 1. The number of hydrogen-bond donors (Lipinski definition) is 0. The van der Waals surface area contributed by atoms with Crippen molar-refractivity contribution in [3.05, 3.63) is 35.9 Å². The third-order valence-electron chi connectivity index (χ3n) is 2.44. The molecule has 0 N–H and O–H groups in total. The highest BCUT2D eigenvalue weighted by atomic mass is 35.5. The van der Waals surface area contributed by atoms with Crippen LogP contribution in [-0.4, -0.2) is 24.7 Å². The van der Waals surface area contributed by atoms with E-state index in [4.69, 9.17) is 21.2 Å². The smallest absolute Gasteiger partial charge is 0.335 e. The lowest BCUT2D eigenvalue weighted by Crippen LogP contribution is -2.01. The predicted octanol–water partition coefficient (Wildman–Crippen LogP) is 3.65. The van der Waals surface area contributed by atoms with Gasteiger partial charge in [0.2, 0.25) is 0 Å². The number of methoxy groups -OCH3 is 1. The van der Waals surface area contributed by atoms with Crippen LogP contribution in [0.5, 0.6) is 5.75 Å². The molecule has 0 radical (unpaired) electrons. The maximum Gasteiger partial charge on any atom is 0.335 e. The van der Waals surface area contributed by atoms with Crippen molar-refractivity contribution in [3.8, 4) is 5.75 Å². The van der Waals surface area contributed by atoms with E-state index in [0.29, 0.717) is 18.0 Å². The minimum atomic E-state index is -0.372. The van der Waals surface area contributed by atoms with E-state index >= 15 is 0 Å². The minimum Gasteiger partial charge on any atom is -0.497 e. The van der Waals surface area contributed by atoms with E-state index < -0.39 is 0 Å². The summed E-state index contributed by atoms with van der Waals surface area (Å²) in [6.45, 7) is 1.76. The van der Waals surface area contributed by atoms with Crippen LogP contribution in [0.2, 0.25) is 0 Å². The van der Waals surface area contributed by atoms with E-state index in [2.05, 4.69) is 5.16 Å². The predicted molar refractivity (Wildman–Crippen MR) is 81.2 cm³/mol. The van der Waals surface area contributed by atoms with E-state index in [0.717, 1.165) is 11.3 Å². The molecule has 0 aliphatic rings. The van der Waals surface area contributed by atoms with Crippen LogP contribution in [0.15, 0.2) is 35.5 Å². The summed E-state index contributed by atoms with van der Waals surface area (Å²) in [5.74, 6) is 0.874. The number of carbonyl (C=O) groups excluding carboxylic acids is 1. The largest absolute Gasteiger partial charge is 0.497 e. The summed E-state index contributed by atoms with van der Waals surface area (Å²) in [5, 5.41) is 3.74. The Kier molecular flexibility index (Phi) is 7.43. The fraction of sp³-hybridized carbons (Fsp3) is 0.333. The molecule has 0 aromatic heterocycles. The lowest BCUT2D eigenvalue weighted by molar-refractivity contribution is -0.143. The standard InChI is InChI=1S/C15H18ClNO3/c1-12(17-20-15(18)4-3-11-16)5-6-13-7-9-14(19-2)10-8-13/h5-10H,3-4,11H2,1-2H3.